The Balaban J connectivity index is 1.14. The lowest BCUT2D eigenvalue weighted by atomic mass is 10.1. The van der Waals surface area contributed by atoms with Gasteiger partial charge in [0.1, 0.15) is 23.0 Å². The van der Waals surface area contributed by atoms with Crippen molar-refractivity contribution in [2.75, 3.05) is 38.0 Å². The van der Waals surface area contributed by atoms with Crippen LogP contribution >= 0.6 is 0 Å². The predicted molar refractivity (Wildman–Crippen MR) is 159 cm³/mol. The number of fused-ring (bicyclic) bond motifs is 2. The van der Waals surface area contributed by atoms with Crippen molar-refractivity contribution < 1.29 is 33.4 Å². The van der Waals surface area contributed by atoms with Crippen LogP contribution < -0.4 is 20.1 Å². The molecule has 1 fully saturated rings. The standard InChI is InChI=1S/C30H34N6O7/c1-34-21(28(38)33-26-12-10-22(35(26)2)30(40)42-4)9-11-25(34)32-27(37)8-6-14-43-24-16-20-19(15-23(24)41-3)29(39)36-13-5-7-18(36)17-31-20/h9-12,15-18H,5-8,13-14H2,1-4H3,(H,32,37)(H,33,38). The van der Waals surface area contributed by atoms with E-state index in [9.17, 15) is 19.2 Å². The highest BCUT2D eigenvalue weighted by Gasteiger charge is 2.32. The summed E-state index contributed by atoms with van der Waals surface area (Å²) in [6, 6.07) is 9.77. The number of rotatable bonds is 10. The minimum absolute atomic E-state index is 0.00778. The molecule has 1 aromatic carbocycles. The van der Waals surface area contributed by atoms with E-state index in [0.717, 1.165) is 12.8 Å². The Hall–Kier alpha value is -5.07. The molecule has 1 unspecified atom stereocenters. The number of aromatic nitrogens is 2. The minimum Gasteiger partial charge on any atom is -0.493 e. The van der Waals surface area contributed by atoms with Crippen molar-refractivity contribution in [2.45, 2.75) is 31.7 Å². The predicted octanol–water partition coefficient (Wildman–Crippen LogP) is 3.53. The van der Waals surface area contributed by atoms with Gasteiger partial charge in [-0.3, -0.25) is 19.4 Å². The van der Waals surface area contributed by atoms with Gasteiger partial charge in [0, 0.05) is 39.3 Å². The quantitative estimate of drug-likeness (QED) is 0.271. The van der Waals surface area contributed by atoms with Gasteiger partial charge in [-0.1, -0.05) is 0 Å². The van der Waals surface area contributed by atoms with Crippen LogP contribution in [0, 0.1) is 0 Å². The van der Waals surface area contributed by atoms with Crippen molar-refractivity contribution in [3.63, 3.8) is 0 Å². The smallest absolute Gasteiger partial charge is 0.354 e. The largest absolute Gasteiger partial charge is 0.493 e. The molecule has 1 atom stereocenters. The first-order valence-corrected chi connectivity index (χ1v) is 13.9. The molecule has 2 aliphatic heterocycles. The number of amides is 3. The highest BCUT2D eigenvalue weighted by molar-refractivity contribution is 6.05. The first kappa shape index (κ1) is 29.4. The number of anilines is 2. The molecule has 3 amide bonds. The lowest BCUT2D eigenvalue weighted by Crippen LogP contribution is -2.35. The van der Waals surface area contributed by atoms with Crippen LogP contribution in [0.3, 0.4) is 0 Å². The van der Waals surface area contributed by atoms with Crippen LogP contribution in [0.4, 0.5) is 17.3 Å². The molecule has 4 heterocycles. The molecule has 0 aliphatic carbocycles. The number of methoxy groups -OCH3 is 2. The van der Waals surface area contributed by atoms with Crippen LogP contribution in [0.15, 0.2) is 41.4 Å². The highest BCUT2D eigenvalue weighted by atomic mass is 16.5. The lowest BCUT2D eigenvalue weighted by Gasteiger charge is -2.20. The summed E-state index contributed by atoms with van der Waals surface area (Å²) in [6.07, 6.45) is 4.26. The molecular weight excluding hydrogens is 556 g/mol. The fourth-order valence-corrected chi connectivity index (χ4v) is 5.23. The third kappa shape index (κ3) is 5.96. The van der Waals surface area contributed by atoms with Crippen LogP contribution in [0.1, 0.15) is 57.0 Å². The number of benzene rings is 1. The average Bonchev–Trinajstić information content (AvgIpc) is 3.70. The molecule has 3 aromatic rings. The van der Waals surface area contributed by atoms with E-state index < -0.39 is 11.9 Å². The van der Waals surface area contributed by atoms with Crippen molar-refractivity contribution in [3.05, 3.63) is 53.3 Å². The molecule has 2 aliphatic rings. The second-order valence-electron chi connectivity index (χ2n) is 10.3. The summed E-state index contributed by atoms with van der Waals surface area (Å²) in [5, 5.41) is 5.58. The molecule has 0 saturated carbocycles. The van der Waals surface area contributed by atoms with Gasteiger partial charge in [-0.25, -0.2) is 4.79 Å². The monoisotopic (exact) mass is 590 g/mol. The normalized spacial score (nSPS) is 15.4. The Labute approximate surface area is 248 Å². The maximum atomic E-state index is 13.0. The summed E-state index contributed by atoms with van der Waals surface area (Å²) < 4.78 is 19.2. The van der Waals surface area contributed by atoms with E-state index in [2.05, 4.69) is 15.6 Å². The Kier molecular flexibility index (Phi) is 8.51. The Morgan fingerprint density at radius 1 is 0.977 bits per heavy atom. The number of hydrogen-bond acceptors (Lipinski definition) is 8. The topological polar surface area (TPSA) is 145 Å². The van der Waals surface area contributed by atoms with Crippen molar-refractivity contribution in [1.82, 2.24) is 14.0 Å². The molecule has 13 nitrogen and oxygen atoms in total. The summed E-state index contributed by atoms with van der Waals surface area (Å²) >= 11 is 0. The Bertz CT molecular complexity index is 1600. The van der Waals surface area contributed by atoms with E-state index >= 15 is 0 Å². The Morgan fingerprint density at radius 2 is 1.70 bits per heavy atom. The molecule has 2 N–H and O–H groups in total. The summed E-state index contributed by atoms with van der Waals surface area (Å²) in [4.78, 5) is 56.8. The molecular formula is C30H34N6O7. The fourth-order valence-electron chi connectivity index (χ4n) is 5.23. The van der Waals surface area contributed by atoms with Crippen LogP contribution in [0.25, 0.3) is 0 Å². The fraction of sp³-hybridized carbons (Fsp3) is 0.367. The molecule has 0 radical (unpaired) electrons. The number of esters is 1. The third-order valence-electron chi connectivity index (χ3n) is 7.64. The summed E-state index contributed by atoms with van der Waals surface area (Å²) in [5.41, 5.74) is 1.63. The molecule has 0 spiro atoms. The lowest BCUT2D eigenvalue weighted by molar-refractivity contribution is -0.116. The molecule has 5 rings (SSSR count). The number of hydrogen-bond donors (Lipinski definition) is 2. The number of carbonyl (C=O) groups is 4. The average molecular weight is 591 g/mol. The zero-order valence-corrected chi connectivity index (χ0v) is 24.5. The number of nitrogens with one attached hydrogen (secondary N) is 2. The van der Waals surface area contributed by atoms with Gasteiger partial charge in [0.2, 0.25) is 5.91 Å². The van der Waals surface area contributed by atoms with Crippen LogP contribution in [-0.4, -0.2) is 77.4 Å². The van der Waals surface area contributed by atoms with Gasteiger partial charge >= 0.3 is 5.97 Å². The molecule has 226 valence electrons. The summed E-state index contributed by atoms with van der Waals surface area (Å²) in [5.74, 6) is 0.517. The van der Waals surface area contributed by atoms with Gasteiger partial charge in [-0.15, -0.1) is 0 Å². The van der Waals surface area contributed by atoms with Gasteiger partial charge < -0.3 is 38.9 Å². The van der Waals surface area contributed by atoms with E-state index in [1.807, 2.05) is 11.1 Å². The van der Waals surface area contributed by atoms with Crippen LogP contribution in [0.5, 0.6) is 11.5 Å². The zero-order valence-electron chi connectivity index (χ0n) is 24.5. The van der Waals surface area contributed by atoms with E-state index in [1.54, 1.807) is 55.1 Å². The van der Waals surface area contributed by atoms with Gasteiger partial charge in [-0.05, 0) is 49.6 Å². The number of ether oxygens (including phenoxy) is 3. The van der Waals surface area contributed by atoms with Crippen LogP contribution in [0.2, 0.25) is 0 Å². The van der Waals surface area contributed by atoms with Crippen molar-refractivity contribution in [2.24, 2.45) is 19.1 Å². The SMILES string of the molecule is COC(=O)c1ccc(NC(=O)c2ccc(NC(=O)CCCOc3cc4c(cc3OC)C(=O)N3CCCC3C=N4)n2C)n1C. The summed E-state index contributed by atoms with van der Waals surface area (Å²) in [6.45, 7) is 0.946. The van der Waals surface area contributed by atoms with E-state index in [-0.39, 0.29) is 30.9 Å². The highest BCUT2D eigenvalue weighted by Crippen LogP contribution is 2.38. The maximum Gasteiger partial charge on any atom is 0.354 e. The second-order valence-corrected chi connectivity index (χ2v) is 10.3. The van der Waals surface area contributed by atoms with Crippen LogP contribution in [-0.2, 0) is 23.6 Å². The van der Waals surface area contributed by atoms with E-state index in [1.165, 1.54) is 18.8 Å². The first-order chi connectivity index (χ1) is 20.7. The number of nitrogens with zero attached hydrogens (tertiary/aromatic N) is 4. The molecule has 13 heteroatoms. The van der Waals surface area contributed by atoms with Gasteiger partial charge in [-0.2, -0.15) is 0 Å². The molecule has 1 saturated heterocycles. The Morgan fingerprint density at radius 3 is 2.44 bits per heavy atom. The maximum absolute atomic E-state index is 13.0. The zero-order chi connectivity index (χ0) is 30.7. The molecule has 0 bridgehead atoms. The molecule has 43 heavy (non-hydrogen) atoms. The van der Waals surface area contributed by atoms with Crippen molar-refractivity contribution >= 4 is 47.2 Å². The van der Waals surface area contributed by atoms with Gasteiger partial charge in [0.05, 0.1) is 38.1 Å². The number of carbonyl (C=O) groups excluding carboxylic acids is 4. The van der Waals surface area contributed by atoms with Gasteiger partial charge in [0.15, 0.2) is 11.5 Å². The minimum atomic E-state index is -0.514. The first-order valence-electron chi connectivity index (χ1n) is 13.9. The third-order valence-corrected chi connectivity index (χ3v) is 7.64. The second kappa shape index (κ2) is 12.4. The van der Waals surface area contributed by atoms with Crippen molar-refractivity contribution in [1.29, 1.82) is 0 Å². The van der Waals surface area contributed by atoms with Crippen molar-refractivity contribution in [3.8, 4) is 11.5 Å². The van der Waals surface area contributed by atoms with E-state index in [0.29, 0.717) is 58.7 Å². The summed E-state index contributed by atoms with van der Waals surface area (Å²) in [7, 11) is 6.11. The van der Waals surface area contributed by atoms with Gasteiger partial charge in [0.25, 0.3) is 11.8 Å². The number of aliphatic imine (C=N–C) groups is 1. The van der Waals surface area contributed by atoms with E-state index in [4.69, 9.17) is 14.2 Å². The molecule has 2 aromatic heterocycles.